The van der Waals surface area contributed by atoms with Gasteiger partial charge in [0.2, 0.25) is 0 Å². The monoisotopic (exact) mass is 330 g/mol. The van der Waals surface area contributed by atoms with Gasteiger partial charge in [0.05, 0.1) is 22.6 Å². The number of nitro benzene ring substituents is 1. The van der Waals surface area contributed by atoms with Crippen LogP contribution in [0.1, 0.15) is 20.7 Å². The number of nitrogens with zero attached hydrogens (tertiary/aromatic N) is 2. The molecule has 0 radical (unpaired) electrons. The molecule has 24 heavy (non-hydrogen) atoms. The molecule has 0 saturated heterocycles. The lowest BCUT2D eigenvalue weighted by molar-refractivity contribution is -0.384. The molecule has 0 aliphatic carbocycles. The third-order valence-corrected chi connectivity index (χ3v) is 3.54. The molecule has 2 aromatic carbocycles. The minimum Gasteiger partial charge on any atom is -0.492 e. The van der Waals surface area contributed by atoms with Crippen LogP contribution >= 0.6 is 0 Å². The van der Waals surface area contributed by atoms with Gasteiger partial charge in [-0.05, 0) is 18.2 Å². The Morgan fingerprint density at radius 2 is 1.83 bits per heavy atom. The highest BCUT2D eigenvalue weighted by molar-refractivity contribution is 6.21. The Hall–Kier alpha value is -3.29. The van der Waals surface area contributed by atoms with E-state index in [9.17, 15) is 24.1 Å². The molecule has 1 heterocycles. The van der Waals surface area contributed by atoms with Crippen LogP contribution in [-0.2, 0) is 0 Å². The first-order valence-corrected chi connectivity index (χ1v) is 7.00. The second-order valence-corrected chi connectivity index (χ2v) is 5.05. The van der Waals surface area contributed by atoms with Crippen LogP contribution in [0.15, 0.2) is 42.5 Å². The standard InChI is InChI=1S/C16H11FN2O5/c17-10-2-1-3-12(8-10)24-7-6-18-15(20)13-5-4-11(19(22)23)9-14(13)16(18)21/h1-5,8-9H,6-7H2. The van der Waals surface area contributed by atoms with Crippen molar-refractivity contribution in [2.24, 2.45) is 0 Å². The molecule has 0 aromatic heterocycles. The first kappa shape index (κ1) is 15.6. The zero-order valence-electron chi connectivity index (χ0n) is 12.3. The molecule has 0 spiro atoms. The maximum atomic E-state index is 13.0. The third-order valence-electron chi connectivity index (χ3n) is 3.54. The molecule has 1 aliphatic rings. The highest BCUT2D eigenvalue weighted by Crippen LogP contribution is 2.26. The predicted molar refractivity (Wildman–Crippen MR) is 80.4 cm³/mol. The van der Waals surface area contributed by atoms with Gasteiger partial charge in [-0.2, -0.15) is 0 Å². The number of non-ortho nitro benzene ring substituents is 1. The number of rotatable bonds is 5. The molecule has 0 bridgehead atoms. The lowest BCUT2D eigenvalue weighted by Gasteiger charge is -2.14. The van der Waals surface area contributed by atoms with Crippen LogP contribution in [0.3, 0.4) is 0 Å². The van der Waals surface area contributed by atoms with Gasteiger partial charge >= 0.3 is 0 Å². The molecule has 122 valence electrons. The zero-order valence-corrected chi connectivity index (χ0v) is 12.3. The van der Waals surface area contributed by atoms with Crippen molar-refractivity contribution in [1.29, 1.82) is 0 Å². The normalized spacial score (nSPS) is 13.1. The van der Waals surface area contributed by atoms with Crippen LogP contribution < -0.4 is 4.74 Å². The maximum Gasteiger partial charge on any atom is 0.270 e. The Kier molecular flexibility index (Phi) is 3.95. The lowest BCUT2D eigenvalue weighted by Crippen LogP contribution is -2.33. The second-order valence-electron chi connectivity index (χ2n) is 5.05. The van der Waals surface area contributed by atoms with E-state index < -0.39 is 22.6 Å². The van der Waals surface area contributed by atoms with Crippen LogP contribution in [0.25, 0.3) is 0 Å². The molecule has 8 heteroatoms. The average molecular weight is 330 g/mol. The summed E-state index contributed by atoms with van der Waals surface area (Å²) in [5, 5.41) is 10.8. The predicted octanol–water partition coefficient (Wildman–Crippen LogP) is 2.41. The van der Waals surface area contributed by atoms with Crippen molar-refractivity contribution in [3.05, 3.63) is 69.5 Å². The van der Waals surface area contributed by atoms with Crippen LogP contribution in [0, 0.1) is 15.9 Å². The number of carbonyl (C=O) groups is 2. The van der Waals surface area contributed by atoms with Gasteiger partial charge in [-0.25, -0.2) is 4.39 Å². The molecule has 7 nitrogen and oxygen atoms in total. The summed E-state index contributed by atoms with van der Waals surface area (Å²) in [7, 11) is 0. The van der Waals surface area contributed by atoms with Crippen molar-refractivity contribution >= 4 is 17.5 Å². The highest BCUT2D eigenvalue weighted by Gasteiger charge is 2.36. The molecule has 0 fully saturated rings. The Balaban J connectivity index is 1.70. The first-order chi connectivity index (χ1) is 11.5. The summed E-state index contributed by atoms with van der Waals surface area (Å²) < 4.78 is 18.4. The average Bonchev–Trinajstić information content (AvgIpc) is 2.79. The van der Waals surface area contributed by atoms with E-state index in [2.05, 4.69) is 0 Å². The summed E-state index contributed by atoms with van der Waals surface area (Å²) in [5.41, 5.74) is -0.135. The molecule has 2 aromatic rings. The Bertz CT molecular complexity index is 852. The lowest BCUT2D eigenvalue weighted by atomic mass is 10.1. The van der Waals surface area contributed by atoms with E-state index in [1.165, 1.54) is 30.3 Å². The van der Waals surface area contributed by atoms with Gasteiger partial charge < -0.3 is 4.74 Å². The molecule has 1 aliphatic heterocycles. The molecule has 3 rings (SSSR count). The number of ether oxygens (including phenoxy) is 1. The SMILES string of the molecule is O=C1c2ccc([N+](=O)[O-])cc2C(=O)N1CCOc1cccc(F)c1. The number of hydrogen-bond acceptors (Lipinski definition) is 5. The van der Waals surface area contributed by atoms with E-state index >= 15 is 0 Å². The van der Waals surface area contributed by atoms with E-state index in [0.29, 0.717) is 0 Å². The van der Waals surface area contributed by atoms with Gasteiger partial charge in [-0.3, -0.25) is 24.6 Å². The minimum atomic E-state index is -0.631. The Morgan fingerprint density at radius 3 is 2.54 bits per heavy atom. The molecule has 0 atom stereocenters. The summed E-state index contributed by atoms with van der Waals surface area (Å²) >= 11 is 0. The quantitative estimate of drug-likeness (QED) is 0.477. The third kappa shape index (κ3) is 2.81. The number of imide groups is 1. The van der Waals surface area contributed by atoms with E-state index in [1.54, 1.807) is 6.07 Å². The van der Waals surface area contributed by atoms with E-state index in [4.69, 9.17) is 4.74 Å². The van der Waals surface area contributed by atoms with Crippen LogP contribution in [-0.4, -0.2) is 34.8 Å². The largest absolute Gasteiger partial charge is 0.492 e. The van der Waals surface area contributed by atoms with Crippen molar-refractivity contribution < 1.29 is 23.6 Å². The molecule has 0 N–H and O–H groups in total. The number of hydrogen-bond donors (Lipinski definition) is 0. The van der Waals surface area contributed by atoms with Crippen LogP contribution in [0.4, 0.5) is 10.1 Å². The summed E-state index contributed by atoms with van der Waals surface area (Å²) in [4.78, 5) is 35.5. The van der Waals surface area contributed by atoms with Crippen molar-refractivity contribution in [2.45, 2.75) is 0 Å². The molecular formula is C16H11FN2O5. The number of amides is 2. The van der Waals surface area contributed by atoms with Gasteiger partial charge in [0.1, 0.15) is 18.2 Å². The smallest absolute Gasteiger partial charge is 0.270 e. The number of nitro groups is 1. The van der Waals surface area contributed by atoms with Gasteiger partial charge in [0, 0.05) is 18.2 Å². The fourth-order valence-corrected chi connectivity index (χ4v) is 2.41. The number of benzene rings is 2. The Morgan fingerprint density at radius 1 is 1.08 bits per heavy atom. The van der Waals surface area contributed by atoms with Crippen LogP contribution in [0.2, 0.25) is 0 Å². The van der Waals surface area contributed by atoms with Gasteiger partial charge in [0.25, 0.3) is 17.5 Å². The van der Waals surface area contributed by atoms with Gasteiger partial charge in [0.15, 0.2) is 0 Å². The van der Waals surface area contributed by atoms with Crippen molar-refractivity contribution in [3.8, 4) is 5.75 Å². The molecule has 2 amide bonds. The van der Waals surface area contributed by atoms with Gasteiger partial charge in [-0.1, -0.05) is 6.07 Å². The van der Waals surface area contributed by atoms with Gasteiger partial charge in [-0.15, -0.1) is 0 Å². The molecular weight excluding hydrogens is 319 g/mol. The van der Waals surface area contributed by atoms with E-state index in [0.717, 1.165) is 11.0 Å². The van der Waals surface area contributed by atoms with Crippen molar-refractivity contribution in [3.63, 3.8) is 0 Å². The van der Waals surface area contributed by atoms with E-state index in [-0.39, 0.29) is 35.7 Å². The Labute approximate surface area is 135 Å². The number of fused-ring (bicyclic) bond motifs is 1. The summed E-state index contributed by atoms with van der Waals surface area (Å²) in [6.07, 6.45) is 0. The summed E-state index contributed by atoms with van der Waals surface area (Å²) in [5.74, 6) is -1.32. The highest BCUT2D eigenvalue weighted by atomic mass is 19.1. The van der Waals surface area contributed by atoms with Crippen molar-refractivity contribution in [2.75, 3.05) is 13.2 Å². The fraction of sp³-hybridized carbons (Fsp3) is 0.125. The van der Waals surface area contributed by atoms with E-state index in [1.807, 2.05) is 0 Å². The second kappa shape index (κ2) is 6.07. The fourth-order valence-electron chi connectivity index (χ4n) is 2.41. The summed E-state index contributed by atoms with van der Waals surface area (Å²) in [6.45, 7) is -0.0618. The van der Waals surface area contributed by atoms with Crippen molar-refractivity contribution in [1.82, 2.24) is 4.90 Å². The maximum absolute atomic E-state index is 13.0. The number of carbonyl (C=O) groups excluding carboxylic acids is 2. The number of halogens is 1. The topological polar surface area (TPSA) is 89.8 Å². The minimum absolute atomic E-state index is 0.0000412. The first-order valence-electron chi connectivity index (χ1n) is 7.00. The zero-order chi connectivity index (χ0) is 17.3. The molecule has 0 unspecified atom stereocenters. The summed E-state index contributed by atoms with van der Waals surface area (Å²) in [6, 6.07) is 9.01. The molecule has 0 saturated carbocycles. The van der Waals surface area contributed by atoms with Crippen LogP contribution in [0.5, 0.6) is 5.75 Å².